The monoisotopic (exact) mass is 281 g/mol. The standard InChI is InChI=1S/C11H8ClN3O2S/c12-8-6-9(13-7-4-2-1-3-5-7)15-10(14-8)18-11(16)17/h1-6H,(H,16,17)(H,13,14,15). The summed E-state index contributed by atoms with van der Waals surface area (Å²) >= 11 is 6.31. The lowest BCUT2D eigenvalue weighted by molar-refractivity contribution is 0.222. The van der Waals surface area contributed by atoms with Crippen molar-refractivity contribution in [2.75, 3.05) is 5.32 Å². The molecule has 2 rings (SSSR count). The van der Waals surface area contributed by atoms with E-state index in [1.54, 1.807) is 0 Å². The average Bonchev–Trinajstić information content (AvgIpc) is 2.28. The molecule has 0 unspecified atom stereocenters. The van der Waals surface area contributed by atoms with Gasteiger partial charge in [0.05, 0.1) is 0 Å². The number of hydrogen-bond acceptors (Lipinski definition) is 5. The molecule has 0 atom stereocenters. The Hall–Kier alpha value is -1.79. The van der Waals surface area contributed by atoms with Gasteiger partial charge in [0.2, 0.25) is 5.16 Å². The van der Waals surface area contributed by atoms with Crippen LogP contribution in [0.3, 0.4) is 0 Å². The summed E-state index contributed by atoms with van der Waals surface area (Å²) in [5, 5.41) is 10.9. The van der Waals surface area contributed by atoms with Gasteiger partial charge in [0.1, 0.15) is 11.0 Å². The van der Waals surface area contributed by atoms with Gasteiger partial charge in [-0.05, 0) is 12.1 Å². The summed E-state index contributed by atoms with van der Waals surface area (Å²) in [4.78, 5) is 18.4. The summed E-state index contributed by atoms with van der Waals surface area (Å²) in [6, 6.07) is 10.9. The second kappa shape index (κ2) is 5.70. The first-order valence-corrected chi connectivity index (χ1v) is 6.10. The topological polar surface area (TPSA) is 75.1 Å². The Kier molecular flexibility index (Phi) is 4.01. The molecule has 7 heteroatoms. The van der Waals surface area contributed by atoms with Crippen molar-refractivity contribution in [3.05, 3.63) is 41.6 Å². The second-order valence-electron chi connectivity index (χ2n) is 3.22. The van der Waals surface area contributed by atoms with Crippen molar-refractivity contribution in [1.82, 2.24) is 9.97 Å². The maximum absolute atomic E-state index is 10.6. The van der Waals surface area contributed by atoms with Crippen molar-refractivity contribution in [1.29, 1.82) is 0 Å². The molecule has 18 heavy (non-hydrogen) atoms. The number of thioether (sulfide) groups is 1. The number of carbonyl (C=O) groups is 1. The van der Waals surface area contributed by atoms with Crippen LogP contribution in [0.5, 0.6) is 0 Å². The number of para-hydroxylation sites is 1. The van der Waals surface area contributed by atoms with E-state index in [-0.39, 0.29) is 10.3 Å². The van der Waals surface area contributed by atoms with Crippen molar-refractivity contribution in [3.8, 4) is 0 Å². The molecule has 0 aliphatic carbocycles. The van der Waals surface area contributed by atoms with E-state index in [0.717, 1.165) is 5.69 Å². The van der Waals surface area contributed by atoms with Crippen LogP contribution in [0.15, 0.2) is 41.6 Å². The summed E-state index contributed by atoms with van der Waals surface area (Å²) in [6.07, 6.45) is 0. The van der Waals surface area contributed by atoms with Crippen LogP contribution in [0.25, 0.3) is 0 Å². The molecular formula is C11H8ClN3O2S. The molecule has 2 aromatic rings. The Morgan fingerprint density at radius 3 is 2.67 bits per heavy atom. The van der Waals surface area contributed by atoms with E-state index in [2.05, 4.69) is 15.3 Å². The fourth-order valence-corrected chi connectivity index (χ4v) is 1.93. The first-order valence-electron chi connectivity index (χ1n) is 4.91. The van der Waals surface area contributed by atoms with Gasteiger partial charge in [0.15, 0.2) is 0 Å². The number of nitrogens with zero attached hydrogens (tertiary/aromatic N) is 2. The van der Waals surface area contributed by atoms with Gasteiger partial charge in [-0.3, -0.25) is 0 Å². The molecule has 0 saturated carbocycles. The molecule has 0 amide bonds. The molecule has 0 saturated heterocycles. The van der Waals surface area contributed by atoms with Crippen LogP contribution in [0.2, 0.25) is 5.15 Å². The molecule has 2 N–H and O–H groups in total. The molecule has 0 fully saturated rings. The molecule has 0 aliphatic heterocycles. The largest absolute Gasteiger partial charge is 0.473 e. The Morgan fingerprint density at radius 1 is 1.28 bits per heavy atom. The fourth-order valence-electron chi connectivity index (χ4n) is 1.25. The molecule has 0 aliphatic rings. The van der Waals surface area contributed by atoms with E-state index in [9.17, 15) is 4.79 Å². The van der Waals surface area contributed by atoms with E-state index in [1.807, 2.05) is 30.3 Å². The molecule has 5 nitrogen and oxygen atoms in total. The number of rotatable bonds is 3. The zero-order chi connectivity index (χ0) is 13.0. The van der Waals surface area contributed by atoms with Crippen LogP contribution in [-0.4, -0.2) is 20.4 Å². The molecule has 0 spiro atoms. The van der Waals surface area contributed by atoms with E-state index < -0.39 is 5.30 Å². The SMILES string of the molecule is O=C(O)Sc1nc(Cl)cc(Nc2ccccc2)n1. The van der Waals surface area contributed by atoms with Crippen LogP contribution in [0.4, 0.5) is 16.3 Å². The predicted octanol–water partition coefficient (Wildman–Crippen LogP) is 3.64. The lowest BCUT2D eigenvalue weighted by atomic mass is 10.3. The van der Waals surface area contributed by atoms with Crippen LogP contribution < -0.4 is 5.32 Å². The highest BCUT2D eigenvalue weighted by atomic mass is 35.5. The third-order valence-electron chi connectivity index (χ3n) is 1.90. The van der Waals surface area contributed by atoms with Crippen molar-refractivity contribution in [2.45, 2.75) is 5.16 Å². The predicted molar refractivity (Wildman–Crippen MR) is 70.6 cm³/mol. The van der Waals surface area contributed by atoms with Gasteiger partial charge in [-0.2, -0.15) is 0 Å². The van der Waals surface area contributed by atoms with Crippen LogP contribution in [-0.2, 0) is 0 Å². The number of halogens is 1. The van der Waals surface area contributed by atoms with Gasteiger partial charge >= 0.3 is 5.30 Å². The molecule has 92 valence electrons. The van der Waals surface area contributed by atoms with Crippen LogP contribution in [0, 0.1) is 0 Å². The van der Waals surface area contributed by atoms with Gasteiger partial charge in [-0.1, -0.05) is 29.8 Å². The first-order chi connectivity index (χ1) is 8.63. The summed E-state index contributed by atoms with van der Waals surface area (Å²) < 4.78 is 0. The lowest BCUT2D eigenvalue weighted by Crippen LogP contribution is -1.98. The zero-order valence-electron chi connectivity index (χ0n) is 9.00. The van der Waals surface area contributed by atoms with Crippen LogP contribution in [0.1, 0.15) is 0 Å². The van der Waals surface area contributed by atoms with Gasteiger partial charge < -0.3 is 10.4 Å². The second-order valence-corrected chi connectivity index (χ2v) is 4.52. The highest BCUT2D eigenvalue weighted by Crippen LogP contribution is 2.22. The summed E-state index contributed by atoms with van der Waals surface area (Å²) in [7, 11) is 0. The van der Waals surface area contributed by atoms with Gasteiger partial charge in [0, 0.05) is 23.5 Å². The van der Waals surface area contributed by atoms with Crippen molar-refractivity contribution in [3.63, 3.8) is 0 Å². The molecular weight excluding hydrogens is 274 g/mol. The van der Waals surface area contributed by atoms with Crippen molar-refractivity contribution < 1.29 is 9.90 Å². The maximum atomic E-state index is 10.6. The average molecular weight is 282 g/mol. The third-order valence-corrected chi connectivity index (χ3v) is 2.63. The van der Waals surface area contributed by atoms with E-state index >= 15 is 0 Å². The number of anilines is 2. The minimum atomic E-state index is -1.08. The van der Waals surface area contributed by atoms with Gasteiger partial charge in [-0.25, -0.2) is 14.8 Å². The number of carboxylic acid groups (broad SMARTS) is 1. The zero-order valence-corrected chi connectivity index (χ0v) is 10.6. The Labute approximate surface area is 112 Å². The summed E-state index contributed by atoms with van der Waals surface area (Å²) in [5.74, 6) is 0.449. The van der Waals surface area contributed by atoms with E-state index in [1.165, 1.54) is 6.07 Å². The van der Waals surface area contributed by atoms with Gasteiger partial charge in [0.25, 0.3) is 0 Å². The minimum absolute atomic E-state index is 0.0911. The quantitative estimate of drug-likeness (QED) is 0.508. The van der Waals surface area contributed by atoms with Crippen molar-refractivity contribution >= 4 is 40.2 Å². The first kappa shape index (κ1) is 12.7. The Bertz CT molecular complexity index is 565. The minimum Gasteiger partial charge on any atom is -0.473 e. The van der Waals surface area contributed by atoms with E-state index in [0.29, 0.717) is 17.6 Å². The number of aromatic nitrogens is 2. The van der Waals surface area contributed by atoms with Gasteiger partial charge in [-0.15, -0.1) is 0 Å². The molecule has 0 radical (unpaired) electrons. The van der Waals surface area contributed by atoms with Crippen LogP contribution >= 0.6 is 23.4 Å². The highest BCUT2D eigenvalue weighted by molar-refractivity contribution is 8.13. The molecule has 1 aromatic carbocycles. The molecule has 1 heterocycles. The smallest absolute Gasteiger partial charge is 0.372 e. The molecule has 0 bridgehead atoms. The maximum Gasteiger partial charge on any atom is 0.372 e. The summed E-state index contributed by atoms with van der Waals surface area (Å²) in [6.45, 7) is 0. The third kappa shape index (κ3) is 3.61. The fraction of sp³-hybridized carbons (Fsp3) is 0. The number of nitrogens with one attached hydrogen (secondary N) is 1. The lowest BCUT2D eigenvalue weighted by Gasteiger charge is -2.06. The molecule has 1 aromatic heterocycles. The normalized spacial score (nSPS) is 10.1. The Balaban J connectivity index is 2.23. The van der Waals surface area contributed by atoms with E-state index in [4.69, 9.17) is 16.7 Å². The number of benzene rings is 1. The highest BCUT2D eigenvalue weighted by Gasteiger charge is 2.08. The number of hydrogen-bond donors (Lipinski definition) is 2. The Morgan fingerprint density at radius 2 is 2.00 bits per heavy atom. The van der Waals surface area contributed by atoms with Crippen molar-refractivity contribution in [2.24, 2.45) is 0 Å². The summed E-state index contributed by atoms with van der Waals surface area (Å²) in [5.41, 5.74) is 0.832.